The van der Waals surface area contributed by atoms with Crippen molar-refractivity contribution >= 4 is 11.6 Å². The number of rotatable bonds is 6. The zero-order chi connectivity index (χ0) is 12.7. The molecule has 17 heavy (non-hydrogen) atoms. The van der Waals surface area contributed by atoms with Gasteiger partial charge in [0, 0.05) is 31.7 Å². The van der Waals surface area contributed by atoms with Crippen LogP contribution in [0.15, 0.2) is 18.2 Å². The first-order chi connectivity index (χ1) is 8.17. The van der Waals surface area contributed by atoms with Gasteiger partial charge in [-0.3, -0.25) is 4.79 Å². The van der Waals surface area contributed by atoms with Crippen LogP contribution in [0.4, 0.5) is 5.69 Å². The van der Waals surface area contributed by atoms with E-state index in [1.54, 1.807) is 18.2 Å². The highest BCUT2D eigenvalue weighted by Gasteiger charge is 2.06. The lowest BCUT2D eigenvalue weighted by atomic mass is 10.2. The van der Waals surface area contributed by atoms with Crippen LogP contribution in [-0.2, 0) is 4.79 Å². The second-order valence-electron chi connectivity index (χ2n) is 3.47. The molecule has 0 unspecified atom stereocenters. The number of benzene rings is 1. The van der Waals surface area contributed by atoms with Gasteiger partial charge < -0.3 is 19.9 Å². The number of anilines is 1. The van der Waals surface area contributed by atoms with Gasteiger partial charge in [0.25, 0.3) is 0 Å². The monoisotopic (exact) mass is 239 g/mol. The standard InChI is InChI=1S/C12H17NO4/c1-9(15)13-10-4-5-11(12(8-10)16-2)17-7-3-6-14/h4-5,8,14H,3,6-7H2,1-2H3,(H,13,15). The van der Waals surface area contributed by atoms with Crippen LogP contribution < -0.4 is 14.8 Å². The van der Waals surface area contributed by atoms with Crippen molar-refractivity contribution in [1.82, 2.24) is 0 Å². The van der Waals surface area contributed by atoms with Crippen molar-refractivity contribution in [3.05, 3.63) is 18.2 Å². The lowest BCUT2D eigenvalue weighted by Crippen LogP contribution is -2.06. The number of amides is 1. The number of nitrogens with one attached hydrogen (secondary N) is 1. The van der Waals surface area contributed by atoms with E-state index in [0.717, 1.165) is 0 Å². The smallest absolute Gasteiger partial charge is 0.221 e. The van der Waals surface area contributed by atoms with Crippen molar-refractivity contribution in [2.24, 2.45) is 0 Å². The quantitative estimate of drug-likeness (QED) is 0.737. The van der Waals surface area contributed by atoms with Gasteiger partial charge >= 0.3 is 0 Å². The second-order valence-corrected chi connectivity index (χ2v) is 3.47. The van der Waals surface area contributed by atoms with Gasteiger partial charge in [-0.1, -0.05) is 0 Å². The van der Waals surface area contributed by atoms with E-state index < -0.39 is 0 Å². The molecule has 0 atom stereocenters. The molecule has 2 N–H and O–H groups in total. The molecule has 0 radical (unpaired) electrons. The number of ether oxygens (including phenoxy) is 2. The van der Waals surface area contributed by atoms with Crippen molar-refractivity contribution in [3.8, 4) is 11.5 Å². The van der Waals surface area contributed by atoms with Crippen molar-refractivity contribution in [3.63, 3.8) is 0 Å². The highest BCUT2D eigenvalue weighted by atomic mass is 16.5. The Morgan fingerprint density at radius 3 is 2.76 bits per heavy atom. The van der Waals surface area contributed by atoms with E-state index in [-0.39, 0.29) is 12.5 Å². The van der Waals surface area contributed by atoms with Gasteiger partial charge in [0.15, 0.2) is 11.5 Å². The van der Waals surface area contributed by atoms with Crippen LogP contribution in [0.2, 0.25) is 0 Å². The Labute approximate surface area is 100 Å². The summed E-state index contributed by atoms with van der Waals surface area (Å²) in [5.41, 5.74) is 0.656. The predicted octanol–water partition coefficient (Wildman–Crippen LogP) is 1.41. The molecule has 0 saturated carbocycles. The second kappa shape index (κ2) is 6.75. The number of carbonyl (C=O) groups is 1. The summed E-state index contributed by atoms with van der Waals surface area (Å²) >= 11 is 0. The van der Waals surface area contributed by atoms with E-state index in [0.29, 0.717) is 30.2 Å². The van der Waals surface area contributed by atoms with E-state index in [9.17, 15) is 4.79 Å². The molecule has 0 aliphatic rings. The molecule has 5 nitrogen and oxygen atoms in total. The van der Waals surface area contributed by atoms with E-state index in [1.807, 2.05) is 0 Å². The number of hydrogen-bond donors (Lipinski definition) is 2. The number of hydrogen-bond acceptors (Lipinski definition) is 4. The fraction of sp³-hybridized carbons (Fsp3) is 0.417. The topological polar surface area (TPSA) is 67.8 Å². The van der Waals surface area contributed by atoms with Gasteiger partial charge in [-0.15, -0.1) is 0 Å². The van der Waals surface area contributed by atoms with E-state index in [2.05, 4.69) is 5.32 Å². The van der Waals surface area contributed by atoms with Crippen molar-refractivity contribution in [2.45, 2.75) is 13.3 Å². The molecule has 1 aromatic rings. The minimum atomic E-state index is -0.138. The molecular weight excluding hydrogens is 222 g/mol. The third-order valence-electron chi connectivity index (χ3n) is 2.04. The van der Waals surface area contributed by atoms with E-state index in [1.165, 1.54) is 14.0 Å². The summed E-state index contributed by atoms with van der Waals surface area (Å²) in [5, 5.41) is 11.3. The first-order valence-electron chi connectivity index (χ1n) is 5.36. The van der Waals surface area contributed by atoms with Crippen molar-refractivity contribution < 1.29 is 19.4 Å². The van der Waals surface area contributed by atoms with Gasteiger partial charge in [-0.2, -0.15) is 0 Å². The molecule has 0 aromatic heterocycles. The first kappa shape index (κ1) is 13.3. The van der Waals surface area contributed by atoms with Gasteiger partial charge in [0.2, 0.25) is 5.91 Å². The van der Waals surface area contributed by atoms with Crippen LogP contribution in [0.25, 0.3) is 0 Å². The zero-order valence-electron chi connectivity index (χ0n) is 10.0. The van der Waals surface area contributed by atoms with Crippen LogP contribution in [0, 0.1) is 0 Å². The molecule has 0 aliphatic heterocycles. The van der Waals surface area contributed by atoms with E-state index in [4.69, 9.17) is 14.6 Å². The molecule has 94 valence electrons. The Balaban J connectivity index is 2.74. The Morgan fingerprint density at radius 2 is 2.18 bits per heavy atom. The normalized spacial score (nSPS) is 9.82. The van der Waals surface area contributed by atoms with Gasteiger partial charge in [0.1, 0.15) is 0 Å². The van der Waals surface area contributed by atoms with Crippen molar-refractivity contribution in [1.29, 1.82) is 0 Å². The largest absolute Gasteiger partial charge is 0.493 e. The predicted molar refractivity (Wildman–Crippen MR) is 64.5 cm³/mol. The molecule has 5 heteroatoms. The van der Waals surface area contributed by atoms with Crippen LogP contribution in [-0.4, -0.2) is 31.3 Å². The zero-order valence-corrected chi connectivity index (χ0v) is 10.0. The molecule has 1 rings (SSSR count). The molecule has 0 spiro atoms. The molecule has 0 fully saturated rings. The summed E-state index contributed by atoms with van der Waals surface area (Å²) in [4.78, 5) is 10.9. The third kappa shape index (κ3) is 4.32. The maximum absolute atomic E-state index is 10.9. The molecule has 0 bridgehead atoms. The molecule has 1 aromatic carbocycles. The Morgan fingerprint density at radius 1 is 1.41 bits per heavy atom. The SMILES string of the molecule is COc1cc(NC(C)=O)ccc1OCCCO. The molecule has 0 saturated heterocycles. The third-order valence-corrected chi connectivity index (χ3v) is 2.04. The molecule has 0 aliphatic carbocycles. The summed E-state index contributed by atoms with van der Waals surface area (Å²) < 4.78 is 10.6. The number of methoxy groups -OCH3 is 1. The van der Waals surface area contributed by atoms with Crippen LogP contribution in [0.1, 0.15) is 13.3 Å². The summed E-state index contributed by atoms with van der Waals surface area (Å²) in [6, 6.07) is 5.15. The number of aliphatic hydroxyl groups is 1. The molecule has 0 heterocycles. The van der Waals surface area contributed by atoms with Gasteiger partial charge in [0.05, 0.1) is 13.7 Å². The molecular formula is C12H17NO4. The summed E-state index contributed by atoms with van der Waals surface area (Å²) in [6.45, 7) is 1.96. The number of aliphatic hydroxyl groups excluding tert-OH is 1. The molecule has 1 amide bonds. The Bertz CT molecular complexity index is 379. The minimum Gasteiger partial charge on any atom is -0.493 e. The van der Waals surface area contributed by atoms with Gasteiger partial charge in [-0.05, 0) is 12.1 Å². The van der Waals surface area contributed by atoms with Crippen LogP contribution >= 0.6 is 0 Å². The highest BCUT2D eigenvalue weighted by Crippen LogP contribution is 2.30. The van der Waals surface area contributed by atoms with E-state index >= 15 is 0 Å². The van der Waals surface area contributed by atoms with Crippen LogP contribution in [0.5, 0.6) is 11.5 Å². The van der Waals surface area contributed by atoms with Gasteiger partial charge in [-0.25, -0.2) is 0 Å². The maximum atomic E-state index is 10.9. The summed E-state index contributed by atoms with van der Waals surface area (Å²) in [7, 11) is 1.53. The summed E-state index contributed by atoms with van der Waals surface area (Å²) in [6.07, 6.45) is 0.566. The minimum absolute atomic E-state index is 0.0896. The first-order valence-corrected chi connectivity index (χ1v) is 5.36. The lowest BCUT2D eigenvalue weighted by Gasteiger charge is -2.11. The van der Waals surface area contributed by atoms with Crippen LogP contribution in [0.3, 0.4) is 0 Å². The highest BCUT2D eigenvalue weighted by molar-refractivity contribution is 5.89. The van der Waals surface area contributed by atoms with Crippen molar-refractivity contribution in [2.75, 3.05) is 25.6 Å². The fourth-order valence-electron chi connectivity index (χ4n) is 1.31. The average Bonchev–Trinajstić information content (AvgIpc) is 2.30. The number of carbonyl (C=O) groups excluding carboxylic acids is 1. The maximum Gasteiger partial charge on any atom is 0.221 e. The lowest BCUT2D eigenvalue weighted by molar-refractivity contribution is -0.114. The Hall–Kier alpha value is -1.75. The fourth-order valence-corrected chi connectivity index (χ4v) is 1.31. The average molecular weight is 239 g/mol. The summed E-state index contributed by atoms with van der Waals surface area (Å²) in [5.74, 6) is 1.00. The Kier molecular flexibility index (Phi) is 5.29.